The summed E-state index contributed by atoms with van der Waals surface area (Å²) in [7, 11) is 0. The quantitative estimate of drug-likeness (QED) is 0.387. The largest absolute Gasteiger partial charge is 0.373 e. The van der Waals surface area contributed by atoms with Crippen LogP contribution in [0.25, 0.3) is 0 Å². The third-order valence-electron chi connectivity index (χ3n) is 5.18. The average molecular weight is 352 g/mol. The van der Waals surface area contributed by atoms with Crippen molar-refractivity contribution in [3.63, 3.8) is 0 Å². The highest BCUT2D eigenvalue weighted by molar-refractivity contribution is 4.81. The van der Waals surface area contributed by atoms with Crippen molar-refractivity contribution in [3.05, 3.63) is 12.4 Å². The molecule has 1 rings (SSSR count). The summed E-state index contributed by atoms with van der Waals surface area (Å²) >= 11 is 0. The van der Waals surface area contributed by atoms with Gasteiger partial charge in [-0.15, -0.1) is 5.10 Å². The molecule has 0 aliphatic rings. The number of hydrogen-bond donors (Lipinski definition) is 0. The topological polar surface area (TPSA) is 39.9 Å². The van der Waals surface area contributed by atoms with Crippen LogP contribution in [0.3, 0.4) is 0 Å². The fourth-order valence-corrected chi connectivity index (χ4v) is 3.29. The van der Waals surface area contributed by atoms with Crippen molar-refractivity contribution in [1.82, 2.24) is 15.0 Å². The smallest absolute Gasteiger partial charge is 0.0822 e. The first-order chi connectivity index (χ1) is 11.8. The molecule has 1 atom stereocenters. The molecule has 146 valence electrons. The summed E-state index contributed by atoms with van der Waals surface area (Å²) in [6, 6.07) is 0. The Hall–Kier alpha value is -0.900. The molecular formula is C21H41N3O. The third-order valence-corrected chi connectivity index (χ3v) is 5.18. The Morgan fingerprint density at radius 1 is 0.960 bits per heavy atom. The highest BCUT2D eigenvalue weighted by Gasteiger charge is 2.27. The van der Waals surface area contributed by atoms with Gasteiger partial charge in [-0.1, -0.05) is 64.0 Å². The summed E-state index contributed by atoms with van der Waals surface area (Å²) in [4.78, 5) is 0. The van der Waals surface area contributed by atoms with Gasteiger partial charge in [-0.3, -0.25) is 0 Å². The molecule has 1 aromatic heterocycles. The fraction of sp³-hybridized carbons (Fsp3) is 0.905. The van der Waals surface area contributed by atoms with Gasteiger partial charge in [-0.2, -0.15) is 0 Å². The van der Waals surface area contributed by atoms with Crippen LogP contribution in [0.2, 0.25) is 0 Å². The number of rotatable bonds is 14. The van der Waals surface area contributed by atoms with Crippen LogP contribution in [0.1, 0.15) is 99.3 Å². The summed E-state index contributed by atoms with van der Waals surface area (Å²) in [5.41, 5.74) is -0.260. The number of unbranched alkanes of at least 4 members (excludes halogenated alkanes) is 3. The van der Waals surface area contributed by atoms with Gasteiger partial charge in [-0.25, -0.2) is 4.68 Å². The second kappa shape index (κ2) is 10.9. The zero-order chi connectivity index (χ0) is 18.8. The van der Waals surface area contributed by atoms with E-state index in [0.29, 0.717) is 6.61 Å². The lowest BCUT2D eigenvalue weighted by Gasteiger charge is -2.33. The van der Waals surface area contributed by atoms with Crippen LogP contribution in [0.4, 0.5) is 0 Å². The Morgan fingerprint density at radius 2 is 1.72 bits per heavy atom. The molecule has 0 N–H and O–H groups in total. The summed E-state index contributed by atoms with van der Waals surface area (Å²) in [5, 5.41) is 8.03. The molecular weight excluding hydrogens is 310 g/mol. The predicted octanol–water partition coefficient (Wildman–Crippen LogP) is 5.98. The maximum Gasteiger partial charge on any atom is 0.0822 e. The average Bonchev–Trinajstić information content (AvgIpc) is 3.10. The lowest BCUT2D eigenvalue weighted by molar-refractivity contribution is -0.0613. The van der Waals surface area contributed by atoms with Crippen molar-refractivity contribution in [1.29, 1.82) is 0 Å². The van der Waals surface area contributed by atoms with E-state index in [9.17, 15) is 0 Å². The van der Waals surface area contributed by atoms with Crippen LogP contribution in [-0.4, -0.2) is 27.2 Å². The van der Waals surface area contributed by atoms with Crippen molar-refractivity contribution in [3.8, 4) is 0 Å². The van der Waals surface area contributed by atoms with Crippen molar-refractivity contribution in [2.24, 2.45) is 5.92 Å². The Labute approximate surface area is 155 Å². The van der Waals surface area contributed by atoms with E-state index < -0.39 is 0 Å². The predicted molar refractivity (Wildman–Crippen MR) is 106 cm³/mol. The van der Waals surface area contributed by atoms with Crippen LogP contribution >= 0.6 is 0 Å². The van der Waals surface area contributed by atoms with Gasteiger partial charge in [-0.05, 0) is 46.5 Å². The summed E-state index contributed by atoms with van der Waals surface area (Å²) in [5.74, 6) is 0.855. The molecule has 1 heterocycles. The van der Waals surface area contributed by atoms with E-state index in [-0.39, 0.29) is 11.1 Å². The van der Waals surface area contributed by atoms with Gasteiger partial charge in [0.1, 0.15) is 0 Å². The van der Waals surface area contributed by atoms with Crippen LogP contribution in [-0.2, 0) is 10.3 Å². The molecule has 0 saturated heterocycles. The van der Waals surface area contributed by atoms with Gasteiger partial charge in [0.2, 0.25) is 0 Å². The molecule has 0 aromatic carbocycles. The van der Waals surface area contributed by atoms with Gasteiger partial charge >= 0.3 is 0 Å². The standard InChI is InChI=1S/C21H41N3O/c1-7-9-10-11-13-19(12-8-2)14-15-21(5,6)25-18-20(3,4)24-17-16-22-23-24/h16-17,19H,7-15,18H2,1-6H3. The van der Waals surface area contributed by atoms with E-state index in [2.05, 4.69) is 51.9 Å². The van der Waals surface area contributed by atoms with Crippen LogP contribution in [0, 0.1) is 5.92 Å². The van der Waals surface area contributed by atoms with Gasteiger partial charge in [0.05, 0.1) is 23.9 Å². The number of aromatic nitrogens is 3. The lowest BCUT2D eigenvalue weighted by Crippen LogP contribution is -2.37. The summed E-state index contributed by atoms with van der Waals surface area (Å²) < 4.78 is 8.19. The maximum absolute atomic E-state index is 6.30. The maximum atomic E-state index is 6.30. The number of hydrogen-bond acceptors (Lipinski definition) is 3. The summed E-state index contributed by atoms with van der Waals surface area (Å²) in [6.07, 6.45) is 15.5. The van der Waals surface area contributed by atoms with Crippen molar-refractivity contribution >= 4 is 0 Å². The van der Waals surface area contributed by atoms with Gasteiger partial charge < -0.3 is 4.74 Å². The SMILES string of the molecule is CCCCCCC(CCC)CCC(C)(C)OCC(C)(C)n1ccnn1. The Kier molecular flexibility index (Phi) is 9.70. The van der Waals surface area contributed by atoms with Crippen LogP contribution in [0.5, 0.6) is 0 Å². The minimum Gasteiger partial charge on any atom is -0.373 e. The van der Waals surface area contributed by atoms with E-state index >= 15 is 0 Å². The summed E-state index contributed by atoms with van der Waals surface area (Å²) in [6.45, 7) is 14.0. The van der Waals surface area contributed by atoms with E-state index in [1.807, 2.05) is 10.9 Å². The molecule has 0 aliphatic carbocycles. The van der Waals surface area contributed by atoms with Crippen molar-refractivity contribution in [2.75, 3.05) is 6.61 Å². The van der Waals surface area contributed by atoms with E-state index in [0.717, 1.165) is 12.3 Å². The van der Waals surface area contributed by atoms with Gasteiger partial charge in [0, 0.05) is 6.20 Å². The second-order valence-electron chi connectivity index (χ2n) is 8.75. The first kappa shape index (κ1) is 22.1. The third kappa shape index (κ3) is 8.84. The molecule has 0 aliphatic heterocycles. The normalized spacial score (nSPS) is 14.0. The van der Waals surface area contributed by atoms with Crippen molar-refractivity contribution < 1.29 is 4.74 Å². The molecule has 4 heteroatoms. The number of nitrogens with zero attached hydrogens (tertiary/aromatic N) is 3. The second-order valence-corrected chi connectivity index (χ2v) is 8.75. The van der Waals surface area contributed by atoms with E-state index in [1.54, 1.807) is 6.20 Å². The first-order valence-corrected chi connectivity index (χ1v) is 10.3. The van der Waals surface area contributed by atoms with E-state index in [1.165, 1.54) is 51.4 Å². The number of ether oxygens (including phenoxy) is 1. The molecule has 1 aromatic rings. The minimum absolute atomic E-state index is 0.0900. The van der Waals surface area contributed by atoms with Gasteiger partial charge in [0.25, 0.3) is 0 Å². The highest BCUT2D eigenvalue weighted by atomic mass is 16.5. The molecule has 0 fully saturated rings. The zero-order valence-electron chi connectivity index (χ0n) is 17.6. The Bertz CT molecular complexity index is 440. The Morgan fingerprint density at radius 3 is 2.32 bits per heavy atom. The Balaban J connectivity index is 2.40. The van der Waals surface area contributed by atoms with Crippen LogP contribution in [0.15, 0.2) is 12.4 Å². The van der Waals surface area contributed by atoms with Crippen molar-refractivity contribution in [2.45, 2.75) is 110 Å². The monoisotopic (exact) mass is 351 g/mol. The first-order valence-electron chi connectivity index (χ1n) is 10.3. The molecule has 0 amide bonds. The van der Waals surface area contributed by atoms with Crippen LogP contribution < -0.4 is 0 Å². The highest BCUT2D eigenvalue weighted by Crippen LogP contribution is 2.28. The molecule has 4 nitrogen and oxygen atoms in total. The lowest BCUT2D eigenvalue weighted by atomic mass is 9.88. The molecule has 25 heavy (non-hydrogen) atoms. The van der Waals surface area contributed by atoms with E-state index in [4.69, 9.17) is 4.74 Å². The minimum atomic E-state index is -0.170. The molecule has 1 unspecified atom stereocenters. The molecule has 0 spiro atoms. The molecule has 0 radical (unpaired) electrons. The molecule has 0 bridgehead atoms. The van der Waals surface area contributed by atoms with Gasteiger partial charge in [0.15, 0.2) is 0 Å². The molecule has 0 saturated carbocycles. The zero-order valence-corrected chi connectivity index (χ0v) is 17.6. The fourth-order valence-electron chi connectivity index (χ4n) is 3.29.